The number of unbranched alkanes of at least 4 members (excludes halogenated alkanes) is 2. The summed E-state index contributed by atoms with van der Waals surface area (Å²) in [5, 5.41) is 23.6. The number of carbonyl (C=O) groups is 5. The normalized spacial score (nSPS) is 19.0. The lowest BCUT2D eigenvalue weighted by molar-refractivity contribution is -0.138. The molecular weight excluding hydrogens is 867 g/mol. The number of aromatic amines is 1. The first-order chi connectivity index (χ1) is 32.7. The molecule has 0 spiro atoms. The fraction of sp³-hybridized carbons (Fsp3) is 0.500. The van der Waals surface area contributed by atoms with Crippen molar-refractivity contribution in [2.75, 3.05) is 45.9 Å². The van der Waals surface area contributed by atoms with Crippen molar-refractivity contribution in [3.05, 3.63) is 95.4 Å². The number of aromatic nitrogens is 2. The largest absolute Gasteiger partial charge is 0.465 e. The van der Waals surface area contributed by atoms with Crippen LogP contribution in [-0.4, -0.2) is 118 Å². The highest BCUT2D eigenvalue weighted by molar-refractivity contribution is 5.93. The number of anilines is 1. The summed E-state index contributed by atoms with van der Waals surface area (Å²) >= 11 is 0. The molecule has 0 unspecified atom stereocenters. The number of hydrogen-bond acceptors (Lipinski definition) is 8. The number of carboxylic acid groups (broad SMARTS) is 2. The van der Waals surface area contributed by atoms with Crippen LogP contribution in [-0.2, 0) is 24.5 Å². The Hall–Kier alpha value is -6.42. The molecule has 68 heavy (non-hydrogen) atoms. The van der Waals surface area contributed by atoms with Crippen LogP contribution in [0.4, 0.5) is 20.1 Å². The molecule has 5 amide bonds. The second-order valence-electron chi connectivity index (χ2n) is 18.9. The number of H-pyrrole nitrogens is 1. The Morgan fingerprint density at radius 2 is 1.57 bits per heavy atom. The van der Waals surface area contributed by atoms with E-state index in [9.17, 15) is 34.2 Å². The van der Waals surface area contributed by atoms with E-state index in [1.54, 1.807) is 47.4 Å². The second kappa shape index (κ2) is 21.3. The maximum atomic E-state index is 14.4. The van der Waals surface area contributed by atoms with Gasteiger partial charge >= 0.3 is 18.3 Å². The van der Waals surface area contributed by atoms with Gasteiger partial charge in [0.2, 0.25) is 5.91 Å². The lowest BCUT2D eigenvalue weighted by Gasteiger charge is -2.37. The fourth-order valence-electron chi connectivity index (χ4n) is 11.0. The Morgan fingerprint density at radius 3 is 2.19 bits per heavy atom. The van der Waals surface area contributed by atoms with Gasteiger partial charge in [-0.1, -0.05) is 102 Å². The highest BCUT2D eigenvalue weighted by atomic mass is 16.5. The highest BCUT2D eigenvalue weighted by Gasteiger charge is 2.46. The van der Waals surface area contributed by atoms with E-state index in [1.807, 2.05) is 38.1 Å². The lowest BCUT2D eigenvalue weighted by Crippen LogP contribution is -2.53. The van der Waals surface area contributed by atoms with Gasteiger partial charge < -0.3 is 39.8 Å². The number of amides is 5. The number of alkyl carbamates (subject to hydrolysis) is 1. The first kappa shape index (κ1) is 49.5. The summed E-state index contributed by atoms with van der Waals surface area (Å²) in [6.45, 7) is 9.23. The van der Waals surface area contributed by atoms with E-state index >= 15 is 0 Å². The quantitative estimate of drug-likeness (QED) is 0.0746. The number of nitrogens with one attached hydrogen (secondary N) is 2. The molecule has 0 saturated carbocycles. The highest BCUT2D eigenvalue weighted by Crippen LogP contribution is 2.56. The van der Waals surface area contributed by atoms with Gasteiger partial charge in [-0.3, -0.25) is 19.4 Å². The van der Waals surface area contributed by atoms with Crippen LogP contribution in [0.5, 0.6) is 0 Å². The van der Waals surface area contributed by atoms with E-state index in [-0.39, 0.29) is 17.7 Å². The number of nitrogens with zero attached hydrogens (tertiary/aromatic N) is 5. The summed E-state index contributed by atoms with van der Waals surface area (Å²) in [4.78, 5) is 80.9. The molecular formula is C52H67N7O9. The van der Waals surface area contributed by atoms with Crippen molar-refractivity contribution in [3.8, 4) is 22.4 Å². The predicted octanol–water partition coefficient (Wildman–Crippen LogP) is 9.42. The van der Waals surface area contributed by atoms with E-state index in [0.717, 1.165) is 76.9 Å². The van der Waals surface area contributed by atoms with Crippen molar-refractivity contribution >= 4 is 35.8 Å². The third kappa shape index (κ3) is 9.65. The van der Waals surface area contributed by atoms with Crippen molar-refractivity contribution in [2.24, 2.45) is 11.8 Å². The average molecular weight is 934 g/mol. The SMILES string of the molecule is CCCCC1(CCCC)c2cc(-c3cnc([C@@H]4C[C@H](COC)CN4C(=O)[C@H](C(C)C)N(C)C(=O)O)[nH]3)ccc2-c2ccc(N(C(=O)O)[C@H]3CCCN3C(=O)[C@H](NC(=O)OC)c3ccccc3)cc21. The molecule has 3 heterocycles. The van der Waals surface area contributed by atoms with Crippen LogP contribution in [0.25, 0.3) is 22.4 Å². The zero-order chi connectivity index (χ0) is 48.9. The number of fused-ring (bicyclic) bond motifs is 3. The molecule has 2 fully saturated rings. The van der Waals surface area contributed by atoms with Gasteiger partial charge in [-0.05, 0) is 89.6 Å². The summed E-state index contributed by atoms with van der Waals surface area (Å²) in [5.41, 5.74) is 6.62. The minimum Gasteiger partial charge on any atom is -0.465 e. The number of hydrogen-bond donors (Lipinski definition) is 4. The molecule has 1 aromatic heterocycles. The van der Waals surface area contributed by atoms with Crippen LogP contribution in [0.15, 0.2) is 72.9 Å². The van der Waals surface area contributed by atoms with Crippen molar-refractivity contribution in [3.63, 3.8) is 0 Å². The van der Waals surface area contributed by atoms with Crippen molar-refractivity contribution in [1.29, 1.82) is 0 Å². The Morgan fingerprint density at radius 1 is 0.897 bits per heavy atom. The number of methoxy groups -OCH3 is 2. The molecule has 16 nitrogen and oxygen atoms in total. The van der Waals surface area contributed by atoms with Gasteiger partial charge in [-0.25, -0.2) is 19.4 Å². The Labute approximate surface area is 399 Å². The van der Waals surface area contributed by atoms with Gasteiger partial charge in [0.1, 0.15) is 24.1 Å². The molecule has 5 atom stereocenters. The number of carbonyl (C=O) groups excluding carboxylic acids is 3. The molecule has 16 heteroatoms. The van der Waals surface area contributed by atoms with E-state index in [1.165, 1.54) is 19.1 Å². The minimum atomic E-state index is -1.18. The van der Waals surface area contributed by atoms with Gasteiger partial charge in [0.25, 0.3) is 5.91 Å². The van der Waals surface area contributed by atoms with Crippen LogP contribution < -0.4 is 10.2 Å². The molecule has 2 aliphatic heterocycles. The van der Waals surface area contributed by atoms with E-state index in [4.69, 9.17) is 14.5 Å². The maximum Gasteiger partial charge on any atom is 0.413 e. The van der Waals surface area contributed by atoms with Crippen LogP contribution in [0.2, 0.25) is 0 Å². The average Bonchev–Trinajstić information content (AvgIpc) is 4.15. The van der Waals surface area contributed by atoms with Gasteiger partial charge in [0.05, 0.1) is 31.6 Å². The molecule has 2 saturated heterocycles. The third-order valence-corrected chi connectivity index (χ3v) is 14.3. The number of rotatable bonds is 18. The van der Waals surface area contributed by atoms with E-state index in [0.29, 0.717) is 56.0 Å². The van der Waals surface area contributed by atoms with Gasteiger partial charge in [0.15, 0.2) is 0 Å². The summed E-state index contributed by atoms with van der Waals surface area (Å²) in [5.74, 6) is -0.290. The Bertz CT molecular complexity index is 2450. The van der Waals surface area contributed by atoms with Gasteiger partial charge in [-0.15, -0.1) is 0 Å². The number of benzene rings is 3. The van der Waals surface area contributed by atoms with Crippen LogP contribution in [0.1, 0.15) is 120 Å². The summed E-state index contributed by atoms with van der Waals surface area (Å²) < 4.78 is 10.4. The monoisotopic (exact) mass is 934 g/mol. The minimum absolute atomic E-state index is 0.0376. The van der Waals surface area contributed by atoms with Crippen LogP contribution >= 0.6 is 0 Å². The fourth-order valence-corrected chi connectivity index (χ4v) is 11.0. The molecule has 364 valence electrons. The lowest BCUT2D eigenvalue weighted by atomic mass is 9.70. The number of ether oxygens (including phenoxy) is 2. The number of likely N-dealkylation sites (N-methyl/N-ethyl adjacent to an activating group) is 1. The molecule has 0 radical (unpaired) electrons. The van der Waals surface area contributed by atoms with Crippen LogP contribution in [0, 0.1) is 11.8 Å². The summed E-state index contributed by atoms with van der Waals surface area (Å²) in [6.07, 6.45) is 4.94. The van der Waals surface area contributed by atoms with Crippen molar-refractivity contribution in [1.82, 2.24) is 30.0 Å². The topological polar surface area (TPSA) is 198 Å². The van der Waals surface area contributed by atoms with Gasteiger partial charge in [-0.2, -0.15) is 0 Å². The maximum absolute atomic E-state index is 14.4. The second-order valence-corrected chi connectivity index (χ2v) is 18.9. The van der Waals surface area contributed by atoms with E-state index < -0.39 is 53.9 Å². The Balaban J connectivity index is 1.25. The number of imidazole rings is 1. The molecule has 4 N–H and O–H groups in total. The molecule has 3 aliphatic rings. The van der Waals surface area contributed by atoms with Gasteiger partial charge in [0, 0.05) is 44.3 Å². The number of likely N-dealkylation sites (tertiary alicyclic amines) is 2. The smallest absolute Gasteiger partial charge is 0.413 e. The van der Waals surface area contributed by atoms with Crippen LogP contribution in [0.3, 0.4) is 0 Å². The molecule has 4 aromatic rings. The zero-order valence-corrected chi connectivity index (χ0v) is 40.4. The predicted molar refractivity (Wildman–Crippen MR) is 258 cm³/mol. The first-order valence-corrected chi connectivity index (χ1v) is 24.0. The first-order valence-electron chi connectivity index (χ1n) is 24.0. The summed E-state index contributed by atoms with van der Waals surface area (Å²) in [6, 6.07) is 18.8. The van der Waals surface area contributed by atoms with Crippen molar-refractivity contribution < 1.29 is 43.7 Å². The zero-order valence-electron chi connectivity index (χ0n) is 40.4. The molecule has 3 aromatic carbocycles. The molecule has 7 rings (SSSR count). The standard InChI is InChI=1S/C52H67N7O9/c1-8-10-23-52(24-11-9-2)39-27-35(41-29-53-46(54-41)42-26-33(31-67-6)30-58(42)48(61)45(32(3)4)56(5)50(63)64)19-21-37(39)38-22-20-36(28-40(38)52)59(51(65)66)43-18-15-25-57(43)47(60)44(55-49(62)68-7)34-16-13-12-14-17-34/h12-14,16-17,19-22,27-29,32-33,42-45H,8-11,15,18,23-26,30-31H2,1-7H3,(H,53,54)(H,55,62)(H,63,64)(H,65,66)/t33-,42-,43-,44+,45-/m0/s1. The summed E-state index contributed by atoms with van der Waals surface area (Å²) in [7, 11) is 4.31. The van der Waals surface area contributed by atoms with Crippen molar-refractivity contribution in [2.45, 2.75) is 115 Å². The Kier molecular flexibility index (Phi) is 15.5. The molecule has 1 aliphatic carbocycles. The van der Waals surface area contributed by atoms with E-state index in [2.05, 4.69) is 42.3 Å². The third-order valence-electron chi connectivity index (χ3n) is 14.3. The molecule has 0 bridgehead atoms.